The first-order chi connectivity index (χ1) is 17.3. The third-order valence-electron chi connectivity index (χ3n) is 6.65. The van der Waals surface area contributed by atoms with Gasteiger partial charge in [0.25, 0.3) is 0 Å². The van der Waals surface area contributed by atoms with Crippen molar-refractivity contribution in [2.45, 2.75) is 75.1 Å². The minimum atomic E-state index is -3.50. The molecule has 1 aliphatic heterocycles. The summed E-state index contributed by atoms with van der Waals surface area (Å²) >= 11 is 0. The van der Waals surface area contributed by atoms with Gasteiger partial charge in [-0.15, -0.1) is 0 Å². The van der Waals surface area contributed by atoms with Crippen molar-refractivity contribution >= 4 is 21.8 Å². The molecule has 8 nitrogen and oxygen atoms in total. The zero-order chi connectivity index (χ0) is 25.5. The van der Waals surface area contributed by atoms with E-state index < -0.39 is 16.1 Å². The Morgan fingerprint density at radius 2 is 1.75 bits per heavy atom. The number of hydrogen-bond acceptors (Lipinski definition) is 5. The minimum absolute atomic E-state index is 0.0330. The van der Waals surface area contributed by atoms with Crippen LogP contribution in [0.2, 0.25) is 0 Å². The molecule has 2 atom stereocenters. The van der Waals surface area contributed by atoms with Crippen molar-refractivity contribution in [3.05, 3.63) is 65.7 Å². The predicted octanol–water partition coefficient (Wildman–Crippen LogP) is 2.77. The number of sulfonamides is 1. The van der Waals surface area contributed by atoms with Crippen LogP contribution < -0.4 is 10.0 Å². The first-order valence-corrected chi connectivity index (χ1v) is 14.1. The quantitative estimate of drug-likeness (QED) is 0.454. The number of aryl methyl sites for hydroxylation is 1. The summed E-state index contributed by atoms with van der Waals surface area (Å²) in [5, 5.41) is 2.94. The van der Waals surface area contributed by atoms with Crippen molar-refractivity contribution in [2.24, 2.45) is 0 Å². The van der Waals surface area contributed by atoms with E-state index in [9.17, 15) is 18.0 Å². The Hall–Kier alpha value is -2.75. The van der Waals surface area contributed by atoms with Crippen molar-refractivity contribution < 1.29 is 22.7 Å². The van der Waals surface area contributed by atoms with Crippen molar-refractivity contribution in [3.8, 4) is 0 Å². The highest BCUT2D eigenvalue weighted by Gasteiger charge is 2.29. The molecule has 2 aromatic carbocycles. The van der Waals surface area contributed by atoms with E-state index >= 15 is 0 Å². The maximum atomic E-state index is 13.3. The predicted molar refractivity (Wildman–Crippen MR) is 137 cm³/mol. The topological polar surface area (TPSA) is 105 Å². The molecule has 1 saturated heterocycles. The number of nitrogens with zero attached hydrogens (tertiary/aromatic N) is 1. The molecule has 1 heterocycles. The van der Waals surface area contributed by atoms with Gasteiger partial charge in [0.2, 0.25) is 21.8 Å². The van der Waals surface area contributed by atoms with Crippen molar-refractivity contribution in [2.75, 3.05) is 13.2 Å². The summed E-state index contributed by atoms with van der Waals surface area (Å²) < 4.78 is 33.0. The molecule has 1 saturated carbocycles. The van der Waals surface area contributed by atoms with Gasteiger partial charge in [0.15, 0.2) is 0 Å². The van der Waals surface area contributed by atoms with Crippen LogP contribution >= 0.6 is 0 Å². The van der Waals surface area contributed by atoms with E-state index in [1.54, 1.807) is 36.1 Å². The number of ether oxygens (including phenoxy) is 1. The second-order valence-corrected chi connectivity index (χ2v) is 11.3. The molecule has 2 aliphatic rings. The Morgan fingerprint density at radius 1 is 1.03 bits per heavy atom. The molecular weight excluding hydrogens is 478 g/mol. The van der Waals surface area contributed by atoms with E-state index in [1.165, 1.54) is 0 Å². The van der Waals surface area contributed by atoms with Crippen LogP contribution in [0.25, 0.3) is 0 Å². The van der Waals surface area contributed by atoms with Crippen LogP contribution in [0.4, 0.5) is 0 Å². The van der Waals surface area contributed by atoms with Gasteiger partial charge in [-0.25, -0.2) is 13.1 Å². The maximum Gasteiger partial charge on any atom is 0.242 e. The number of benzene rings is 2. The number of hydrogen-bond donors (Lipinski definition) is 2. The lowest BCUT2D eigenvalue weighted by Crippen LogP contribution is -2.49. The van der Waals surface area contributed by atoms with Gasteiger partial charge in [-0.05, 0) is 62.3 Å². The molecule has 2 aromatic rings. The van der Waals surface area contributed by atoms with Crippen LogP contribution in [0, 0.1) is 0 Å². The average Bonchev–Trinajstić information content (AvgIpc) is 3.53. The molecule has 2 fully saturated rings. The summed E-state index contributed by atoms with van der Waals surface area (Å²) in [5.41, 5.74) is 1.81. The first-order valence-electron chi connectivity index (χ1n) is 12.7. The Morgan fingerprint density at radius 3 is 2.39 bits per heavy atom. The van der Waals surface area contributed by atoms with Crippen molar-refractivity contribution in [3.63, 3.8) is 0 Å². The summed E-state index contributed by atoms with van der Waals surface area (Å²) in [6.45, 7) is 3.25. The van der Waals surface area contributed by atoms with Gasteiger partial charge in [-0.1, -0.05) is 42.5 Å². The standard InChI is InChI=1S/C27H35N3O5S/c1-20(27(32)28-18-24-8-5-17-35-24)30(19-22-6-3-2-4-7-22)26(31)16-11-21-9-14-25(15-10-21)36(33,34)29-23-12-13-23/h2-4,6-7,9-10,14-15,20,23-24,29H,5,8,11-13,16-19H2,1H3,(H,28,32)/t20-,24-/m0/s1. The summed E-state index contributed by atoms with van der Waals surface area (Å²) in [6.07, 6.45) is 4.38. The Labute approximate surface area is 213 Å². The highest BCUT2D eigenvalue weighted by Crippen LogP contribution is 2.22. The molecule has 0 bridgehead atoms. The van der Waals surface area contributed by atoms with E-state index in [0.29, 0.717) is 19.5 Å². The monoisotopic (exact) mass is 513 g/mol. The fourth-order valence-electron chi connectivity index (χ4n) is 4.25. The number of amides is 2. The third kappa shape index (κ3) is 7.38. The molecular formula is C27H35N3O5S. The third-order valence-corrected chi connectivity index (χ3v) is 8.19. The van der Waals surface area contributed by atoms with Gasteiger partial charge in [-0.2, -0.15) is 0 Å². The van der Waals surface area contributed by atoms with E-state index in [1.807, 2.05) is 30.3 Å². The number of carbonyl (C=O) groups excluding carboxylic acids is 2. The molecule has 0 aromatic heterocycles. The van der Waals surface area contributed by atoms with E-state index in [4.69, 9.17) is 4.74 Å². The van der Waals surface area contributed by atoms with Crippen molar-refractivity contribution in [1.29, 1.82) is 0 Å². The molecule has 0 unspecified atom stereocenters. The summed E-state index contributed by atoms with van der Waals surface area (Å²) in [4.78, 5) is 28.0. The average molecular weight is 514 g/mol. The number of nitrogens with one attached hydrogen (secondary N) is 2. The van der Waals surface area contributed by atoms with Crippen LogP contribution in [-0.2, 0) is 37.3 Å². The lowest BCUT2D eigenvalue weighted by Gasteiger charge is -2.29. The number of carbonyl (C=O) groups is 2. The Balaban J connectivity index is 1.37. The highest BCUT2D eigenvalue weighted by atomic mass is 32.2. The Kier molecular flexibility index (Phi) is 8.77. The van der Waals surface area contributed by atoms with Crippen LogP contribution in [-0.4, -0.2) is 56.5 Å². The summed E-state index contributed by atoms with van der Waals surface area (Å²) in [5.74, 6) is -0.335. The smallest absolute Gasteiger partial charge is 0.242 e. The van der Waals surface area contributed by atoms with Crippen LogP contribution in [0.5, 0.6) is 0 Å². The SMILES string of the molecule is C[C@@H](C(=O)NC[C@@H]1CCCO1)N(Cc1ccccc1)C(=O)CCc1ccc(S(=O)(=O)NC2CC2)cc1. The number of rotatable bonds is 12. The van der Waals surface area contributed by atoms with Gasteiger partial charge in [0, 0.05) is 32.2 Å². The van der Waals surface area contributed by atoms with Crippen LogP contribution in [0.15, 0.2) is 59.5 Å². The molecule has 2 amide bonds. The molecule has 36 heavy (non-hydrogen) atoms. The molecule has 4 rings (SSSR count). The molecule has 1 aliphatic carbocycles. The summed E-state index contributed by atoms with van der Waals surface area (Å²) in [7, 11) is -3.50. The summed E-state index contributed by atoms with van der Waals surface area (Å²) in [6, 6.07) is 15.7. The van der Waals surface area contributed by atoms with Gasteiger partial charge in [0.1, 0.15) is 6.04 Å². The van der Waals surface area contributed by atoms with Gasteiger partial charge in [-0.3, -0.25) is 9.59 Å². The second-order valence-electron chi connectivity index (χ2n) is 9.60. The normalized spacial score (nSPS) is 18.5. The first kappa shape index (κ1) is 26.3. The highest BCUT2D eigenvalue weighted by molar-refractivity contribution is 7.89. The molecule has 0 spiro atoms. The zero-order valence-electron chi connectivity index (χ0n) is 20.7. The lowest BCUT2D eigenvalue weighted by atomic mass is 10.1. The Bertz CT molecular complexity index is 1130. The largest absolute Gasteiger partial charge is 0.376 e. The van der Waals surface area contributed by atoms with Crippen LogP contribution in [0.3, 0.4) is 0 Å². The van der Waals surface area contributed by atoms with Crippen LogP contribution in [0.1, 0.15) is 50.2 Å². The second kappa shape index (κ2) is 12.0. The molecule has 194 valence electrons. The zero-order valence-corrected chi connectivity index (χ0v) is 21.5. The van der Waals surface area contributed by atoms with Crippen molar-refractivity contribution in [1.82, 2.24) is 14.9 Å². The van der Waals surface area contributed by atoms with E-state index in [0.717, 1.165) is 43.4 Å². The fraction of sp³-hybridized carbons (Fsp3) is 0.481. The fourth-order valence-corrected chi connectivity index (χ4v) is 5.55. The lowest BCUT2D eigenvalue weighted by molar-refractivity contribution is -0.140. The molecule has 0 radical (unpaired) electrons. The van der Waals surface area contributed by atoms with E-state index in [2.05, 4.69) is 10.0 Å². The van der Waals surface area contributed by atoms with Gasteiger partial charge in [0.05, 0.1) is 11.0 Å². The maximum absolute atomic E-state index is 13.3. The molecule has 9 heteroatoms. The van der Waals surface area contributed by atoms with Gasteiger partial charge >= 0.3 is 0 Å². The van der Waals surface area contributed by atoms with E-state index in [-0.39, 0.29) is 35.3 Å². The van der Waals surface area contributed by atoms with Gasteiger partial charge < -0.3 is 15.0 Å². The molecule has 2 N–H and O–H groups in total. The minimum Gasteiger partial charge on any atom is -0.376 e.